The predicted octanol–water partition coefficient (Wildman–Crippen LogP) is 5.40. The lowest BCUT2D eigenvalue weighted by Crippen LogP contribution is -2.35. The van der Waals surface area contributed by atoms with Crippen LogP contribution >= 0.6 is 0 Å². The number of aromatic nitrogens is 2. The molecule has 5 nitrogen and oxygen atoms in total. The van der Waals surface area contributed by atoms with Gasteiger partial charge in [-0.3, -0.25) is 9.97 Å². The fourth-order valence-electron chi connectivity index (χ4n) is 3.31. The highest BCUT2D eigenvalue weighted by molar-refractivity contribution is 5.91. The molecular weight excluding hydrogens is 360 g/mol. The quantitative estimate of drug-likeness (QED) is 0.590. The zero-order valence-electron chi connectivity index (χ0n) is 17.3. The Labute approximate surface area is 172 Å². The lowest BCUT2D eigenvalue weighted by Gasteiger charge is -2.25. The Balaban J connectivity index is 1.88. The minimum absolute atomic E-state index is 0.149. The molecule has 1 aromatic carbocycles. The maximum Gasteiger partial charge on any atom is 0.322 e. The summed E-state index contributed by atoms with van der Waals surface area (Å²) in [4.78, 5) is 23.8. The van der Waals surface area contributed by atoms with E-state index in [1.165, 1.54) is 0 Å². The van der Waals surface area contributed by atoms with E-state index in [9.17, 15) is 4.79 Å². The first kappa shape index (κ1) is 20.5. The Morgan fingerprint density at radius 3 is 2.03 bits per heavy atom. The normalized spacial score (nSPS) is 10.8. The summed E-state index contributed by atoms with van der Waals surface area (Å²) in [5, 5.41) is 3.18. The minimum Gasteiger partial charge on any atom is -0.313 e. The molecule has 3 aromatic rings. The summed E-state index contributed by atoms with van der Waals surface area (Å²) in [5.74, 6) is 0.317. The summed E-state index contributed by atoms with van der Waals surface area (Å²) >= 11 is 0. The van der Waals surface area contributed by atoms with Crippen molar-refractivity contribution < 1.29 is 4.79 Å². The highest BCUT2D eigenvalue weighted by Crippen LogP contribution is 2.29. The van der Waals surface area contributed by atoms with Crippen molar-refractivity contribution in [2.75, 3.05) is 5.32 Å². The number of pyridine rings is 2. The molecule has 2 aromatic heterocycles. The molecule has 0 aliphatic heterocycles. The van der Waals surface area contributed by atoms with Gasteiger partial charge in [-0.2, -0.15) is 0 Å². The van der Waals surface area contributed by atoms with Gasteiger partial charge in [0.25, 0.3) is 0 Å². The van der Waals surface area contributed by atoms with Gasteiger partial charge in [-0.15, -0.1) is 0 Å². The van der Waals surface area contributed by atoms with Crippen molar-refractivity contribution in [1.82, 2.24) is 14.9 Å². The smallest absolute Gasteiger partial charge is 0.313 e. The number of amides is 2. The number of benzene rings is 1. The Morgan fingerprint density at radius 1 is 0.931 bits per heavy atom. The molecule has 0 aliphatic carbocycles. The van der Waals surface area contributed by atoms with Crippen molar-refractivity contribution in [2.24, 2.45) is 0 Å². The Kier molecular flexibility index (Phi) is 6.95. The van der Waals surface area contributed by atoms with E-state index in [-0.39, 0.29) is 6.03 Å². The second kappa shape index (κ2) is 9.82. The van der Waals surface area contributed by atoms with Gasteiger partial charge in [0.1, 0.15) is 0 Å². The van der Waals surface area contributed by atoms with Gasteiger partial charge in [-0.05, 0) is 47.7 Å². The van der Waals surface area contributed by atoms with E-state index in [0.29, 0.717) is 19.0 Å². The zero-order chi connectivity index (χ0) is 20.6. The van der Waals surface area contributed by atoms with Gasteiger partial charge >= 0.3 is 6.03 Å². The lowest BCUT2D eigenvalue weighted by atomic mass is 9.96. The number of para-hydroxylation sites is 1. The van der Waals surface area contributed by atoms with E-state index in [4.69, 9.17) is 0 Å². The van der Waals surface area contributed by atoms with Gasteiger partial charge in [0.15, 0.2) is 0 Å². The summed E-state index contributed by atoms with van der Waals surface area (Å²) in [5.41, 5.74) is 4.88. The number of urea groups is 1. The molecule has 0 radical (unpaired) electrons. The van der Waals surface area contributed by atoms with E-state index in [0.717, 1.165) is 34.6 Å². The summed E-state index contributed by atoms with van der Waals surface area (Å²) in [6.07, 6.45) is 4.35. The first-order chi connectivity index (χ1) is 14.1. The van der Waals surface area contributed by atoms with Crippen molar-refractivity contribution in [2.45, 2.75) is 46.2 Å². The van der Waals surface area contributed by atoms with Crippen LogP contribution in [0.15, 0.2) is 67.0 Å². The monoisotopic (exact) mass is 388 g/mol. The van der Waals surface area contributed by atoms with Crippen LogP contribution in [0.2, 0.25) is 0 Å². The van der Waals surface area contributed by atoms with Crippen LogP contribution in [-0.4, -0.2) is 20.9 Å². The van der Waals surface area contributed by atoms with Crippen LogP contribution in [0.25, 0.3) is 0 Å². The number of carbonyl (C=O) groups excluding carboxylic acids is 1. The highest BCUT2D eigenvalue weighted by Gasteiger charge is 2.19. The maximum absolute atomic E-state index is 13.3. The van der Waals surface area contributed by atoms with Gasteiger partial charge in [0.05, 0.1) is 24.5 Å². The van der Waals surface area contributed by atoms with Crippen LogP contribution in [0.3, 0.4) is 0 Å². The molecule has 0 atom stereocenters. The average Bonchev–Trinajstić information content (AvgIpc) is 2.74. The lowest BCUT2D eigenvalue weighted by molar-refractivity contribution is 0.205. The SMILES string of the molecule is CCc1cccc(C(C)C)c1NC(=O)N(Cc1ccccn1)Cc1ccccn1. The number of anilines is 1. The van der Waals surface area contributed by atoms with Gasteiger partial charge in [-0.25, -0.2) is 4.79 Å². The standard InChI is InChI=1S/C24H28N4O/c1-4-19-10-9-13-22(18(2)3)23(19)27-24(29)28(16-20-11-5-7-14-25-20)17-21-12-6-8-15-26-21/h5-15,18H,4,16-17H2,1-3H3,(H,27,29). The molecule has 29 heavy (non-hydrogen) atoms. The first-order valence-electron chi connectivity index (χ1n) is 10.1. The number of carbonyl (C=O) groups is 1. The molecule has 0 bridgehead atoms. The molecule has 3 rings (SSSR count). The summed E-state index contributed by atoms with van der Waals surface area (Å²) in [6.45, 7) is 7.21. The Bertz CT molecular complexity index is 885. The van der Waals surface area contributed by atoms with Gasteiger partial charge in [0.2, 0.25) is 0 Å². The number of hydrogen-bond acceptors (Lipinski definition) is 3. The van der Waals surface area contributed by atoms with Crippen molar-refractivity contribution in [3.8, 4) is 0 Å². The van der Waals surface area contributed by atoms with Crippen molar-refractivity contribution in [1.29, 1.82) is 0 Å². The minimum atomic E-state index is -0.149. The third kappa shape index (κ3) is 5.41. The molecule has 2 heterocycles. The van der Waals surface area contributed by atoms with E-state index >= 15 is 0 Å². The predicted molar refractivity (Wildman–Crippen MR) is 117 cm³/mol. The Hall–Kier alpha value is -3.21. The number of nitrogens with zero attached hydrogens (tertiary/aromatic N) is 3. The fraction of sp³-hybridized carbons (Fsp3) is 0.292. The van der Waals surface area contributed by atoms with Crippen LogP contribution in [0, 0.1) is 0 Å². The molecule has 0 aliphatic rings. The zero-order valence-corrected chi connectivity index (χ0v) is 17.3. The number of rotatable bonds is 7. The molecular formula is C24H28N4O. The summed E-state index contributed by atoms with van der Waals surface area (Å²) in [6, 6.07) is 17.5. The van der Waals surface area contributed by atoms with Crippen LogP contribution < -0.4 is 5.32 Å². The molecule has 0 unspecified atom stereocenters. The van der Waals surface area contributed by atoms with Crippen molar-refractivity contribution in [3.63, 3.8) is 0 Å². The van der Waals surface area contributed by atoms with Gasteiger partial charge < -0.3 is 10.2 Å². The van der Waals surface area contributed by atoms with Crippen LogP contribution in [0.5, 0.6) is 0 Å². The first-order valence-corrected chi connectivity index (χ1v) is 10.1. The molecule has 2 amide bonds. The second-order valence-corrected chi connectivity index (χ2v) is 7.32. The van der Waals surface area contributed by atoms with Gasteiger partial charge in [-0.1, -0.05) is 51.1 Å². The summed E-state index contributed by atoms with van der Waals surface area (Å²) in [7, 11) is 0. The molecule has 5 heteroatoms. The average molecular weight is 389 g/mol. The van der Waals surface area contributed by atoms with Crippen molar-refractivity contribution >= 4 is 11.7 Å². The molecule has 150 valence electrons. The number of hydrogen-bond donors (Lipinski definition) is 1. The summed E-state index contributed by atoms with van der Waals surface area (Å²) < 4.78 is 0. The number of aryl methyl sites for hydroxylation is 1. The third-order valence-corrected chi connectivity index (χ3v) is 4.86. The van der Waals surface area contributed by atoms with E-state index in [1.54, 1.807) is 17.3 Å². The maximum atomic E-state index is 13.3. The Morgan fingerprint density at radius 2 is 1.55 bits per heavy atom. The van der Waals surface area contributed by atoms with Crippen molar-refractivity contribution in [3.05, 3.63) is 89.5 Å². The molecule has 0 fully saturated rings. The second-order valence-electron chi connectivity index (χ2n) is 7.32. The molecule has 0 spiro atoms. The van der Waals surface area contributed by atoms with Crippen LogP contribution in [0.4, 0.5) is 10.5 Å². The molecule has 0 saturated heterocycles. The third-order valence-electron chi connectivity index (χ3n) is 4.86. The highest BCUT2D eigenvalue weighted by atomic mass is 16.2. The van der Waals surface area contributed by atoms with E-state index in [1.807, 2.05) is 36.4 Å². The van der Waals surface area contributed by atoms with E-state index in [2.05, 4.69) is 54.3 Å². The van der Waals surface area contributed by atoms with E-state index < -0.39 is 0 Å². The fourth-order valence-corrected chi connectivity index (χ4v) is 3.31. The topological polar surface area (TPSA) is 58.1 Å². The molecule has 0 saturated carbocycles. The van der Waals surface area contributed by atoms with Gasteiger partial charge in [0, 0.05) is 18.1 Å². The molecule has 1 N–H and O–H groups in total. The largest absolute Gasteiger partial charge is 0.322 e. The number of nitrogens with one attached hydrogen (secondary N) is 1. The van der Waals surface area contributed by atoms with Crippen LogP contribution in [0.1, 0.15) is 49.2 Å². The van der Waals surface area contributed by atoms with Crippen LogP contribution in [-0.2, 0) is 19.5 Å².